The molecule has 1 aromatic carbocycles. The lowest BCUT2D eigenvalue weighted by molar-refractivity contribution is -0.137. The predicted molar refractivity (Wildman–Crippen MR) is 72.2 cm³/mol. The Bertz CT molecular complexity index is 632. The molecule has 1 saturated heterocycles. The van der Waals surface area contributed by atoms with Crippen molar-refractivity contribution in [3.63, 3.8) is 0 Å². The average Bonchev–Trinajstić information content (AvgIpc) is 2.64. The van der Waals surface area contributed by atoms with Gasteiger partial charge in [-0.25, -0.2) is 9.69 Å². The molecule has 0 aromatic heterocycles. The fraction of sp³-hybridized carbons (Fsp3) is 0.429. The number of hydrogen-bond acceptors (Lipinski definition) is 3. The monoisotopic (exact) mass is 335 g/mol. The van der Waals surface area contributed by atoms with E-state index in [2.05, 4.69) is 0 Å². The summed E-state index contributed by atoms with van der Waals surface area (Å²) in [5.41, 5.74) is -2.14. The lowest BCUT2D eigenvalue weighted by Gasteiger charge is -2.17. The van der Waals surface area contributed by atoms with E-state index in [9.17, 15) is 22.8 Å². The third-order valence-electron chi connectivity index (χ3n) is 3.58. The number of halogens is 4. The largest absolute Gasteiger partial charge is 0.433 e. The molecule has 4 nitrogen and oxygen atoms in total. The van der Waals surface area contributed by atoms with E-state index >= 15 is 0 Å². The minimum Gasteiger partial charge on any atom is -0.433 e. The first kappa shape index (κ1) is 16.6. The van der Waals surface area contributed by atoms with Crippen LogP contribution in [-0.4, -0.2) is 22.5 Å². The molecule has 0 N–H and O–H groups in total. The van der Waals surface area contributed by atoms with Crippen LogP contribution in [0.15, 0.2) is 18.2 Å². The van der Waals surface area contributed by atoms with Crippen LogP contribution in [0.3, 0.4) is 0 Å². The first-order valence-corrected chi connectivity index (χ1v) is 6.87. The van der Waals surface area contributed by atoms with E-state index in [4.69, 9.17) is 16.3 Å². The molecule has 2 rings (SSSR count). The summed E-state index contributed by atoms with van der Waals surface area (Å²) in [4.78, 5) is 24.7. The van der Waals surface area contributed by atoms with Gasteiger partial charge in [0.2, 0.25) is 0 Å². The highest BCUT2D eigenvalue weighted by atomic mass is 35.5. The van der Waals surface area contributed by atoms with Crippen LogP contribution >= 0.6 is 11.6 Å². The van der Waals surface area contributed by atoms with Crippen LogP contribution in [0.1, 0.15) is 31.4 Å². The summed E-state index contributed by atoms with van der Waals surface area (Å²) in [5.74, 6) is -0.566. The van der Waals surface area contributed by atoms with Gasteiger partial charge in [0.1, 0.15) is 0 Å². The second-order valence-electron chi connectivity index (χ2n) is 5.16. The molecule has 1 atom stereocenters. The number of hydrogen-bond donors (Lipinski definition) is 0. The predicted octanol–water partition coefficient (Wildman–Crippen LogP) is 4.01. The van der Waals surface area contributed by atoms with Crippen molar-refractivity contribution in [1.82, 2.24) is 4.90 Å². The molecule has 0 radical (unpaired) electrons. The first-order chi connectivity index (χ1) is 10.1. The summed E-state index contributed by atoms with van der Waals surface area (Å²) >= 11 is 5.53. The van der Waals surface area contributed by atoms with E-state index in [0.29, 0.717) is 0 Å². The minimum atomic E-state index is -4.61. The number of carbonyl (C=O) groups excluding carboxylic acids is 2. The van der Waals surface area contributed by atoms with Gasteiger partial charge in [-0.1, -0.05) is 24.6 Å². The highest BCUT2D eigenvalue weighted by Gasteiger charge is 2.49. The fourth-order valence-corrected chi connectivity index (χ4v) is 2.31. The van der Waals surface area contributed by atoms with E-state index in [-0.39, 0.29) is 18.5 Å². The minimum absolute atomic E-state index is 0.141. The number of carbonyl (C=O) groups is 2. The van der Waals surface area contributed by atoms with Gasteiger partial charge < -0.3 is 4.74 Å². The molecule has 0 spiro atoms. The maximum absolute atomic E-state index is 12.8. The average molecular weight is 336 g/mol. The lowest BCUT2D eigenvalue weighted by atomic mass is 10.0. The Kier molecular flexibility index (Phi) is 4.12. The normalized spacial score (nSPS) is 22.2. The third-order valence-corrected chi connectivity index (χ3v) is 3.91. The van der Waals surface area contributed by atoms with Crippen LogP contribution in [0.4, 0.5) is 18.0 Å². The molecule has 1 aliphatic rings. The smallest absolute Gasteiger partial charge is 0.418 e. The number of imide groups is 1. The van der Waals surface area contributed by atoms with Crippen LogP contribution in [0.25, 0.3) is 0 Å². The highest BCUT2D eigenvalue weighted by Crippen LogP contribution is 2.36. The summed E-state index contributed by atoms with van der Waals surface area (Å²) in [7, 11) is 0. The number of rotatable bonds is 3. The van der Waals surface area contributed by atoms with Gasteiger partial charge in [0.15, 0.2) is 5.60 Å². The van der Waals surface area contributed by atoms with Crippen molar-refractivity contribution in [2.75, 3.05) is 0 Å². The molecule has 0 aliphatic carbocycles. The Balaban J connectivity index is 2.29. The molecule has 8 heteroatoms. The number of alkyl halides is 3. The number of cyclic esters (lactones) is 1. The molecule has 1 aromatic rings. The van der Waals surface area contributed by atoms with Gasteiger partial charge in [0.05, 0.1) is 17.1 Å². The van der Waals surface area contributed by atoms with Crippen molar-refractivity contribution in [2.45, 2.75) is 38.6 Å². The Hall–Kier alpha value is -1.76. The van der Waals surface area contributed by atoms with E-state index in [1.807, 2.05) is 0 Å². The summed E-state index contributed by atoms with van der Waals surface area (Å²) in [6, 6.07) is 3.24. The van der Waals surface area contributed by atoms with E-state index in [0.717, 1.165) is 17.0 Å². The summed E-state index contributed by atoms with van der Waals surface area (Å²) in [5, 5.41) is -0.440. The molecule has 1 aliphatic heterocycles. The van der Waals surface area contributed by atoms with Crippen molar-refractivity contribution >= 4 is 23.6 Å². The Morgan fingerprint density at radius 3 is 2.45 bits per heavy atom. The number of nitrogens with zero attached hydrogens (tertiary/aromatic N) is 1. The van der Waals surface area contributed by atoms with Gasteiger partial charge in [0, 0.05) is 0 Å². The lowest BCUT2D eigenvalue weighted by Crippen LogP contribution is -2.37. The molecule has 0 saturated carbocycles. The van der Waals surface area contributed by atoms with Crippen molar-refractivity contribution in [3.8, 4) is 0 Å². The van der Waals surface area contributed by atoms with Crippen molar-refractivity contribution < 1.29 is 27.5 Å². The van der Waals surface area contributed by atoms with Crippen molar-refractivity contribution in [1.29, 1.82) is 0 Å². The van der Waals surface area contributed by atoms with Gasteiger partial charge in [-0.05, 0) is 31.0 Å². The quantitative estimate of drug-likeness (QED) is 0.838. The molecule has 1 unspecified atom stereocenters. The van der Waals surface area contributed by atoms with Gasteiger partial charge in [-0.3, -0.25) is 4.79 Å². The van der Waals surface area contributed by atoms with E-state index in [1.54, 1.807) is 6.92 Å². The molecule has 1 fully saturated rings. The van der Waals surface area contributed by atoms with Gasteiger partial charge in [0.25, 0.3) is 5.91 Å². The SMILES string of the molecule is CCC1(C)OC(=O)N(Cc2ccc(Cl)c(C(F)(F)F)c2)C1=O. The van der Waals surface area contributed by atoms with Gasteiger partial charge in [-0.2, -0.15) is 13.2 Å². The second kappa shape index (κ2) is 5.46. The van der Waals surface area contributed by atoms with E-state index in [1.165, 1.54) is 13.0 Å². The van der Waals surface area contributed by atoms with Crippen molar-refractivity contribution in [3.05, 3.63) is 34.3 Å². The zero-order valence-electron chi connectivity index (χ0n) is 11.8. The van der Waals surface area contributed by atoms with Gasteiger partial charge >= 0.3 is 12.3 Å². The fourth-order valence-electron chi connectivity index (χ4n) is 2.09. The Morgan fingerprint density at radius 2 is 1.95 bits per heavy atom. The van der Waals surface area contributed by atoms with Crippen LogP contribution in [0, 0.1) is 0 Å². The standard InChI is InChI=1S/C14H13ClF3NO3/c1-3-13(2)11(20)19(12(21)22-13)7-8-4-5-10(15)9(6-8)14(16,17)18/h4-6H,3,7H2,1-2H3. The molecule has 1 heterocycles. The zero-order valence-corrected chi connectivity index (χ0v) is 12.6. The first-order valence-electron chi connectivity index (χ1n) is 6.49. The van der Waals surface area contributed by atoms with Gasteiger partial charge in [-0.15, -0.1) is 0 Å². The van der Waals surface area contributed by atoms with Crippen molar-refractivity contribution in [2.24, 2.45) is 0 Å². The number of amides is 2. The summed E-state index contributed by atoms with van der Waals surface area (Å²) < 4.78 is 43.5. The molecule has 22 heavy (non-hydrogen) atoms. The number of ether oxygens (including phenoxy) is 1. The molecular weight excluding hydrogens is 323 g/mol. The zero-order chi connectivity index (χ0) is 16.7. The molecule has 2 amide bonds. The summed E-state index contributed by atoms with van der Waals surface area (Å²) in [6.45, 7) is 2.85. The Morgan fingerprint density at radius 1 is 1.32 bits per heavy atom. The third kappa shape index (κ3) is 2.90. The summed E-state index contributed by atoms with van der Waals surface area (Å²) in [6.07, 6.45) is -5.19. The Labute approximate surface area is 129 Å². The van der Waals surface area contributed by atoms with Crippen LogP contribution in [-0.2, 0) is 22.3 Å². The van der Waals surface area contributed by atoms with Crippen LogP contribution in [0.5, 0.6) is 0 Å². The molecule has 120 valence electrons. The molecule has 0 bridgehead atoms. The van der Waals surface area contributed by atoms with Crippen LogP contribution < -0.4 is 0 Å². The topological polar surface area (TPSA) is 46.6 Å². The maximum Gasteiger partial charge on any atom is 0.418 e. The van der Waals surface area contributed by atoms with Crippen LogP contribution in [0.2, 0.25) is 5.02 Å². The number of benzene rings is 1. The highest BCUT2D eigenvalue weighted by molar-refractivity contribution is 6.31. The maximum atomic E-state index is 12.8. The molecular formula is C14H13ClF3NO3. The second-order valence-corrected chi connectivity index (χ2v) is 5.56. The van der Waals surface area contributed by atoms with E-state index < -0.39 is 34.4 Å².